The quantitative estimate of drug-likeness (QED) is 0.197. The van der Waals surface area contributed by atoms with Crippen molar-refractivity contribution in [1.29, 1.82) is 0 Å². The van der Waals surface area contributed by atoms with Crippen molar-refractivity contribution in [3.05, 3.63) is 86.6 Å². The molecule has 274 valence electrons. The largest absolute Gasteiger partial charge is 0.480 e. The summed E-state index contributed by atoms with van der Waals surface area (Å²) in [5, 5.41) is 10.8. The first-order valence-corrected chi connectivity index (χ1v) is 17.2. The van der Waals surface area contributed by atoms with Gasteiger partial charge in [-0.05, 0) is 105 Å². The van der Waals surface area contributed by atoms with Crippen LogP contribution in [0, 0.1) is 17.7 Å². The van der Waals surface area contributed by atoms with Crippen LogP contribution in [0.4, 0.5) is 17.6 Å². The van der Waals surface area contributed by atoms with Crippen molar-refractivity contribution in [3.8, 4) is 0 Å². The molecule has 0 spiro atoms. The van der Waals surface area contributed by atoms with Gasteiger partial charge in [0.05, 0.1) is 16.3 Å². The van der Waals surface area contributed by atoms with Gasteiger partial charge in [0.15, 0.2) is 0 Å². The van der Waals surface area contributed by atoms with Crippen LogP contribution in [0.15, 0.2) is 48.5 Å². The van der Waals surface area contributed by atoms with E-state index < -0.39 is 23.8 Å². The second kappa shape index (κ2) is 18.5. The maximum atomic E-state index is 14.3. The van der Waals surface area contributed by atoms with Gasteiger partial charge in [-0.1, -0.05) is 51.1 Å². The van der Waals surface area contributed by atoms with E-state index in [1.54, 1.807) is 29.5 Å². The Morgan fingerprint density at radius 2 is 1.73 bits per heavy atom. The molecule has 2 heterocycles. The summed E-state index contributed by atoms with van der Waals surface area (Å²) in [5.74, 6) is -0.294. The third-order valence-electron chi connectivity index (χ3n) is 10.0. The molecule has 3 aromatic rings. The number of carboxylic acid groups (broad SMARTS) is 1. The molecule has 1 aliphatic carbocycles. The minimum atomic E-state index is -4.37. The summed E-state index contributed by atoms with van der Waals surface area (Å²) in [7, 11) is 1.92. The number of hydrogen-bond donors (Lipinski definition) is 1. The molecule has 3 unspecified atom stereocenters. The number of aromatic nitrogens is 1. The second-order valence-electron chi connectivity index (χ2n) is 13.5. The summed E-state index contributed by atoms with van der Waals surface area (Å²) in [6.45, 7) is 8.68. The fourth-order valence-electron chi connectivity index (χ4n) is 7.74. The lowest BCUT2D eigenvalue weighted by molar-refractivity contribution is -0.145. The number of aliphatic carboxylic acids is 1. The van der Waals surface area contributed by atoms with E-state index in [0.29, 0.717) is 17.9 Å². The van der Waals surface area contributed by atoms with E-state index in [1.165, 1.54) is 23.1 Å². The van der Waals surface area contributed by atoms with Crippen molar-refractivity contribution >= 4 is 54.5 Å². The van der Waals surface area contributed by atoms with Gasteiger partial charge in [0, 0.05) is 23.9 Å². The van der Waals surface area contributed by atoms with Gasteiger partial charge in [0.2, 0.25) is 0 Å². The lowest BCUT2D eigenvalue weighted by Crippen LogP contribution is -2.47. The molecule has 1 aliphatic heterocycles. The van der Waals surface area contributed by atoms with E-state index in [0.717, 1.165) is 74.1 Å². The molecule has 0 bridgehead atoms. The number of thiazole rings is 1. The van der Waals surface area contributed by atoms with Crippen LogP contribution in [0.1, 0.15) is 90.6 Å². The smallest absolute Gasteiger partial charge is 0.416 e. The lowest BCUT2D eigenvalue weighted by atomic mass is 9.87. The summed E-state index contributed by atoms with van der Waals surface area (Å²) in [4.78, 5) is 22.8. The van der Waals surface area contributed by atoms with Crippen molar-refractivity contribution in [1.82, 2.24) is 14.8 Å². The SMILES string of the molecule is CCc1nc(Cc2cccc(C(F)(F)F)c2)sc1C1CCN(CC2CC(N(C)[C@@H](C(=O)O)C(C)C)CC2c2cccc(F)c2)CC1.Cl.Cl.Cl. The van der Waals surface area contributed by atoms with Crippen LogP contribution in [0.3, 0.4) is 0 Å². The van der Waals surface area contributed by atoms with Gasteiger partial charge in [-0.3, -0.25) is 9.69 Å². The second-order valence-corrected chi connectivity index (χ2v) is 14.6. The number of carboxylic acids is 1. The molecular weight excluding hydrogens is 721 g/mol. The Hall–Kier alpha value is -1.95. The molecule has 0 amide bonds. The number of piperidine rings is 1. The Balaban J connectivity index is 0.00000278. The first-order chi connectivity index (χ1) is 21.8. The Bertz CT molecular complexity index is 1500. The van der Waals surface area contributed by atoms with Crippen molar-refractivity contribution in [3.63, 3.8) is 0 Å². The van der Waals surface area contributed by atoms with Crippen LogP contribution in [-0.2, 0) is 23.8 Å². The molecule has 1 saturated heterocycles. The van der Waals surface area contributed by atoms with E-state index in [2.05, 4.69) is 11.8 Å². The van der Waals surface area contributed by atoms with E-state index >= 15 is 0 Å². The highest BCUT2D eigenvalue weighted by Gasteiger charge is 2.42. The van der Waals surface area contributed by atoms with Crippen molar-refractivity contribution in [2.75, 3.05) is 26.7 Å². The number of likely N-dealkylation sites (tertiary alicyclic amines) is 1. The topological polar surface area (TPSA) is 56.7 Å². The van der Waals surface area contributed by atoms with Gasteiger partial charge < -0.3 is 10.0 Å². The van der Waals surface area contributed by atoms with Gasteiger partial charge in [0.1, 0.15) is 11.9 Å². The maximum Gasteiger partial charge on any atom is 0.416 e. The third kappa shape index (κ3) is 10.5. The van der Waals surface area contributed by atoms with Gasteiger partial charge in [-0.25, -0.2) is 9.37 Å². The molecule has 2 aliphatic rings. The van der Waals surface area contributed by atoms with Crippen molar-refractivity contribution in [2.45, 2.75) is 89.4 Å². The van der Waals surface area contributed by atoms with E-state index in [9.17, 15) is 27.5 Å². The number of alkyl halides is 3. The Morgan fingerprint density at radius 1 is 1.06 bits per heavy atom. The highest BCUT2D eigenvalue weighted by molar-refractivity contribution is 7.11. The number of halogens is 7. The monoisotopic (exact) mass is 767 g/mol. The van der Waals surface area contributed by atoms with E-state index in [4.69, 9.17) is 4.98 Å². The molecule has 2 aromatic carbocycles. The van der Waals surface area contributed by atoms with Crippen molar-refractivity contribution in [2.24, 2.45) is 11.8 Å². The molecule has 1 saturated carbocycles. The summed E-state index contributed by atoms with van der Waals surface area (Å²) in [5.41, 5.74) is 2.02. The van der Waals surface area contributed by atoms with Gasteiger partial charge in [-0.2, -0.15) is 13.2 Å². The van der Waals surface area contributed by atoms with Crippen LogP contribution in [0.5, 0.6) is 0 Å². The Kier molecular flexibility index (Phi) is 16.3. The predicted molar refractivity (Wildman–Crippen MR) is 196 cm³/mol. The number of aryl methyl sites for hydroxylation is 1. The molecule has 5 nitrogen and oxygen atoms in total. The minimum Gasteiger partial charge on any atom is -0.480 e. The molecular formula is C36H48Cl3F4N3O2S. The molecule has 49 heavy (non-hydrogen) atoms. The maximum absolute atomic E-state index is 14.3. The average Bonchev–Trinajstić information content (AvgIpc) is 3.61. The van der Waals surface area contributed by atoms with E-state index in [-0.39, 0.29) is 66.8 Å². The molecule has 4 atom stereocenters. The Labute approximate surface area is 310 Å². The highest BCUT2D eigenvalue weighted by atomic mass is 35.5. The van der Waals surface area contributed by atoms with Gasteiger partial charge in [0.25, 0.3) is 0 Å². The van der Waals surface area contributed by atoms with Gasteiger partial charge >= 0.3 is 12.1 Å². The first kappa shape index (κ1) is 43.2. The van der Waals surface area contributed by atoms with E-state index in [1.807, 2.05) is 31.9 Å². The molecule has 1 N–H and O–H groups in total. The van der Waals surface area contributed by atoms with Crippen LogP contribution in [0.2, 0.25) is 0 Å². The van der Waals surface area contributed by atoms with Crippen LogP contribution < -0.4 is 0 Å². The summed E-state index contributed by atoms with van der Waals surface area (Å²) < 4.78 is 54.0. The zero-order valence-corrected chi connectivity index (χ0v) is 31.6. The number of likely N-dealkylation sites (N-methyl/N-ethyl adjacent to an activating group) is 1. The highest BCUT2D eigenvalue weighted by Crippen LogP contribution is 2.44. The number of benzene rings is 2. The zero-order valence-electron chi connectivity index (χ0n) is 28.3. The fourth-order valence-corrected chi connectivity index (χ4v) is 9.09. The molecule has 0 radical (unpaired) electrons. The van der Waals surface area contributed by atoms with Gasteiger partial charge in [-0.15, -0.1) is 48.6 Å². The summed E-state index contributed by atoms with van der Waals surface area (Å²) in [6, 6.07) is 11.9. The van der Waals surface area contributed by atoms with Crippen LogP contribution >= 0.6 is 48.6 Å². The Morgan fingerprint density at radius 3 is 2.33 bits per heavy atom. The van der Waals surface area contributed by atoms with Crippen molar-refractivity contribution < 1.29 is 27.5 Å². The fraction of sp³-hybridized carbons (Fsp3) is 0.556. The number of carbonyl (C=O) groups is 1. The molecule has 1 aromatic heterocycles. The standard InChI is InChI=1S/C36H45F4N3O2S.3ClH/c1-5-31-34(46-32(41-31)17-23-8-6-10-27(16-23)36(38,39)40)24-12-14-43(15-13-24)21-26-19-29(42(4)33(22(2)3)35(44)45)20-30(26)25-9-7-11-28(37)18-25;;;/h6-11,16,18,22,24,26,29-30,33H,5,12-15,17,19-21H2,1-4H3,(H,44,45);3*1H/t26?,29?,30?,33-;;;/m1.../s1. The average molecular weight is 769 g/mol. The minimum absolute atomic E-state index is 0. The normalized spacial score (nSPS) is 20.8. The summed E-state index contributed by atoms with van der Waals surface area (Å²) >= 11 is 1.64. The number of nitrogens with zero attached hydrogens (tertiary/aromatic N) is 3. The van der Waals surface area contributed by atoms with Crippen LogP contribution in [0.25, 0.3) is 0 Å². The molecule has 2 fully saturated rings. The zero-order chi connectivity index (χ0) is 33.2. The molecule has 13 heteroatoms. The van der Waals surface area contributed by atoms with Crippen LogP contribution in [-0.4, -0.2) is 64.6 Å². The number of hydrogen-bond acceptors (Lipinski definition) is 5. The molecule has 5 rings (SSSR count). The first-order valence-electron chi connectivity index (χ1n) is 16.4. The summed E-state index contributed by atoms with van der Waals surface area (Å²) in [6.07, 6.45) is 0.428. The third-order valence-corrected chi connectivity index (χ3v) is 11.3. The number of rotatable bonds is 11. The lowest BCUT2D eigenvalue weighted by Gasteiger charge is -2.35. The predicted octanol–water partition coefficient (Wildman–Crippen LogP) is 9.50.